The average molecular weight is 306 g/mol. The Bertz CT molecular complexity index is 508. The Morgan fingerprint density at radius 1 is 1.17 bits per heavy atom. The lowest BCUT2D eigenvalue weighted by molar-refractivity contribution is 0.302. The van der Waals surface area contributed by atoms with Crippen molar-refractivity contribution < 1.29 is 4.74 Å². The van der Waals surface area contributed by atoms with Crippen LogP contribution in [0.15, 0.2) is 47.2 Å². The first-order valence-electron chi connectivity index (χ1n) is 5.99. The molecule has 2 nitrogen and oxygen atoms in total. The zero-order chi connectivity index (χ0) is 13.0. The van der Waals surface area contributed by atoms with E-state index >= 15 is 0 Å². The minimum absolute atomic E-state index is 0.558. The molecular formula is C15H16BrNO. The van der Waals surface area contributed by atoms with E-state index in [0.29, 0.717) is 12.5 Å². The lowest BCUT2D eigenvalue weighted by atomic mass is 10.0. The minimum Gasteiger partial charge on any atom is -0.486 e. The third-order valence-electron chi connectivity index (χ3n) is 2.77. The molecular weight excluding hydrogens is 290 g/mol. The Balaban J connectivity index is 2.00. The Kier molecular flexibility index (Phi) is 4.37. The maximum absolute atomic E-state index is 5.71. The lowest BCUT2D eigenvalue weighted by Crippen LogP contribution is -1.97. The van der Waals surface area contributed by atoms with E-state index < -0.39 is 0 Å². The number of halogens is 1. The lowest BCUT2D eigenvalue weighted by Gasteiger charge is -2.09. The van der Waals surface area contributed by atoms with Gasteiger partial charge in [-0.2, -0.15) is 0 Å². The van der Waals surface area contributed by atoms with Gasteiger partial charge in [0.2, 0.25) is 0 Å². The quantitative estimate of drug-likeness (QED) is 0.773. The molecule has 0 aliphatic heterocycles. The molecule has 1 heterocycles. The highest BCUT2D eigenvalue weighted by atomic mass is 79.9. The number of ether oxygens (including phenoxy) is 1. The van der Waals surface area contributed by atoms with Gasteiger partial charge in [-0.05, 0) is 45.1 Å². The molecule has 0 radical (unpaired) electrons. The highest BCUT2D eigenvalue weighted by Gasteiger charge is 2.02. The van der Waals surface area contributed by atoms with E-state index in [1.807, 2.05) is 12.1 Å². The predicted molar refractivity (Wildman–Crippen MR) is 76.8 cm³/mol. The molecule has 0 amide bonds. The van der Waals surface area contributed by atoms with E-state index in [-0.39, 0.29) is 0 Å². The number of pyridine rings is 1. The number of benzene rings is 1. The van der Waals surface area contributed by atoms with Gasteiger partial charge < -0.3 is 4.74 Å². The summed E-state index contributed by atoms with van der Waals surface area (Å²) in [5.74, 6) is 1.33. The van der Waals surface area contributed by atoms with Crippen molar-refractivity contribution in [2.75, 3.05) is 0 Å². The zero-order valence-corrected chi connectivity index (χ0v) is 12.1. The van der Waals surface area contributed by atoms with Crippen LogP contribution >= 0.6 is 15.9 Å². The molecule has 0 aliphatic carbocycles. The predicted octanol–water partition coefficient (Wildman–Crippen LogP) is 4.55. The molecule has 0 spiro atoms. The average Bonchev–Trinajstić information content (AvgIpc) is 2.38. The summed E-state index contributed by atoms with van der Waals surface area (Å²) in [6, 6.07) is 12.3. The first kappa shape index (κ1) is 13.1. The van der Waals surface area contributed by atoms with Gasteiger partial charge >= 0.3 is 0 Å². The molecule has 18 heavy (non-hydrogen) atoms. The molecule has 1 aromatic heterocycles. The molecule has 0 bridgehead atoms. The highest BCUT2D eigenvalue weighted by molar-refractivity contribution is 9.10. The first-order valence-corrected chi connectivity index (χ1v) is 6.78. The van der Waals surface area contributed by atoms with Crippen molar-refractivity contribution in [2.24, 2.45) is 0 Å². The van der Waals surface area contributed by atoms with Gasteiger partial charge in [0.05, 0.1) is 0 Å². The summed E-state index contributed by atoms with van der Waals surface area (Å²) in [6.07, 6.45) is 1.73. The van der Waals surface area contributed by atoms with Crippen LogP contribution in [0.5, 0.6) is 5.75 Å². The topological polar surface area (TPSA) is 22.1 Å². The van der Waals surface area contributed by atoms with E-state index in [0.717, 1.165) is 15.9 Å². The van der Waals surface area contributed by atoms with Gasteiger partial charge in [-0.25, -0.2) is 4.98 Å². The number of hydrogen-bond donors (Lipinski definition) is 0. The van der Waals surface area contributed by atoms with E-state index in [2.05, 4.69) is 59.0 Å². The molecule has 3 heteroatoms. The molecule has 1 aromatic carbocycles. The summed E-state index contributed by atoms with van der Waals surface area (Å²) in [4.78, 5) is 4.12. The molecule has 0 unspecified atom stereocenters. The van der Waals surface area contributed by atoms with E-state index in [1.165, 1.54) is 5.56 Å². The van der Waals surface area contributed by atoms with Crippen molar-refractivity contribution >= 4 is 15.9 Å². The van der Waals surface area contributed by atoms with Crippen molar-refractivity contribution in [3.63, 3.8) is 0 Å². The third kappa shape index (κ3) is 3.33. The maximum Gasteiger partial charge on any atom is 0.152 e. The Morgan fingerprint density at radius 2 is 1.89 bits per heavy atom. The molecule has 94 valence electrons. The van der Waals surface area contributed by atoms with Crippen LogP contribution in [0.1, 0.15) is 30.9 Å². The Labute approximate surface area is 116 Å². The summed E-state index contributed by atoms with van der Waals surface area (Å²) >= 11 is 3.36. The Hall–Kier alpha value is -1.35. The van der Waals surface area contributed by atoms with Crippen LogP contribution in [0.4, 0.5) is 0 Å². The molecule has 0 fully saturated rings. The fourth-order valence-corrected chi connectivity index (χ4v) is 2.00. The van der Waals surface area contributed by atoms with Gasteiger partial charge in [0.1, 0.15) is 11.2 Å². The fraction of sp³-hybridized carbons (Fsp3) is 0.267. The number of nitrogens with zero attached hydrogens (tertiary/aromatic N) is 1. The minimum atomic E-state index is 0.558. The summed E-state index contributed by atoms with van der Waals surface area (Å²) in [5, 5.41) is 0. The SMILES string of the molecule is CC(C)c1ccc(COc2cccnc2Br)cc1. The normalized spacial score (nSPS) is 10.7. The largest absolute Gasteiger partial charge is 0.486 e. The summed E-state index contributed by atoms with van der Waals surface area (Å²) in [7, 11) is 0. The zero-order valence-electron chi connectivity index (χ0n) is 10.6. The van der Waals surface area contributed by atoms with Gasteiger partial charge in [0.15, 0.2) is 5.75 Å². The summed E-state index contributed by atoms with van der Waals surface area (Å²) < 4.78 is 6.45. The second-order valence-corrected chi connectivity index (χ2v) is 5.23. The van der Waals surface area contributed by atoms with Crippen LogP contribution in [0.3, 0.4) is 0 Å². The molecule has 2 aromatic rings. The van der Waals surface area contributed by atoms with Gasteiger partial charge in [-0.15, -0.1) is 0 Å². The van der Waals surface area contributed by atoms with Crippen LogP contribution in [0, 0.1) is 0 Å². The van der Waals surface area contributed by atoms with Crippen molar-refractivity contribution in [1.82, 2.24) is 4.98 Å². The molecule has 0 atom stereocenters. The van der Waals surface area contributed by atoms with Crippen molar-refractivity contribution in [1.29, 1.82) is 0 Å². The van der Waals surface area contributed by atoms with Crippen molar-refractivity contribution in [3.05, 3.63) is 58.3 Å². The van der Waals surface area contributed by atoms with Crippen LogP contribution in [0.2, 0.25) is 0 Å². The van der Waals surface area contributed by atoms with E-state index in [9.17, 15) is 0 Å². The van der Waals surface area contributed by atoms with Crippen LogP contribution in [-0.4, -0.2) is 4.98 Å². The molecule has 0 N–H and O–H groups in total. The second kappa shape index (κ2) is 6.01. The van der Waals surface area contributed by atoms with Crippen molar-refractivity contribution in [3.8, 4) is 5.75 Å². The van der Waals surface area contributed by atoms with Crippen LogP contribution in [0.25, 0.3) is 0 Å². The molecule has 0 saturated carbocycles. The molecule has 0 aliphatic rings. The van der Waals surface area contributed by atoms with Gasteiger partial charge in [-0.1, -0.05) is 38.1 Å². The van der Waals surface area contributed by atoms with E-state index in [1.54, 1.807) is 6.20 Å². The monoisotopic (exact) mass is 305 g/mol. The fourth-order valence-electron chi connectivity index (χ4n) is 1.64. The number of aromatic nitrogens is 1. The number of hydrogen-bond acceptors (Lipinski definition) is 2. The van der Waals surface area contributed by atoms with E-state index in [4.69, 9.17) is 4.74 Å². The standard InChI is InChI=1S/C15H16BrNO/c1-11(2)13-7-5-12(6-8-13)10-18-14-4-3-9-17-15(14)16/h3-9,11H,10H2,1-2H3. The summed E-state index contributed by atoms with van der Waals surface area (Å²) in [5.41, 5.74) is 2.51. The van der Waals surface area contributed by atoms with Gasteiger partial charge in [0.25, 0.3) is 0 Å². The second-order valence-electron chi connectivity index (χ2n) is 4.48. The molecule has 2 rings (SSSR count). The van der Waals surface area contributed by atoms with Crippen LogP contribution < -0.4 is 4.74 Å². The molecule has 0 saturated heterocycles. The highest BCUT2D eigenvalue weighted by Crippen LogP contribution is 2.22. The Morgan fingerprint density at radius 3 is 2.50 bits per heavy atom. The van der Waals surface area contributed by atoms with Crippen molar-refractivity contribution in [2.45, 2.75) is 26.4 Å². The number of rotatable bonds is 4. The summed E-state index contributed by atoms with van der Waals surface area (Å²) in [6.45, 7) is 4.94. The smallest absolute Gasteiger partial charge is 0.152 e. The van der Waals surface area contributed by atoms with Gasteiger partial charge in [0, 0.05) is 6.20 Å². The van der Waals surface area contributed by atoms with Crippen LogP contribution in [-0.2, 0) is 6.61 Å². The first-order chi connectivity index (χ1) is 8.66. The maximum atomic E-state index is 5.71. The third-order valence-corrected chi connectivity index (χ3v) is 3.36. The van der Waals surface area contributed by atoms with Gasteiger partial charge in [-0.3, -0.25) is 0 Å².